The van der Waals surface area contributed by atoms with Crippen LogP contribution in [0.1, 0.15) is 11.1 Å². The highest BCUT2D eigenvalue weighted by atomic mass is 31.0. The molecule has 0 fully saturated rings. The van der Waals surface area contributed by atoms with Gasteiger partial charge in [0.1, 0.15) is 5.34 Å². The predicted molar refractivity (Wildman–Crippen MR) is 72.3 cm³/mol. The topological polar surface area (TPSA) is 101 Å². The van der Waals surface area contributed by atoms with Gasteiger partial charge in [0.2, 0.25) is 0 Å². The van der Waals surface area contributed by atoms with Crippen LogP contribution >= 0.6 is 9.24 Å². The van der Waals surface area contributed by atoms with Crippen LogP contribution < -0.4 is 0 Å². The standard InChI is InChI=1S/C13H13O5P/c14-9-3-1-7(5-11(9)16)13(18,19)8-2-4-10(15)12(17)6-8/h1-6,14-18H,19H2. The molecule has 0 saturated carbocycles. The third-order valence-electron chi connectivity index (χ3n) is 2.83. The maximum absolute atomic E-state index is 10.5. The smallest absolute Gasteiger partial charge is 0.157 e. The normalized spacial score (nSPS) is 11.5. The zero-order valence-corrected chi connectivity index (χ0v) is 10.9. The van der Waals surface area contributed by atoms with E-state index in [-0.39, 0.29) is 23.0 Å². The molecule has 0 heterocycles. The van der Waals surface area contributed by atoms with E-state index in [1.54, 1.807) is 0 Å². The number of aliphatic hydroxyl groups is 1. The van der Waals surface area contributed by atoms with Crippen LogP contribution in [-0.2, 0) is 5.34 Å². The molecule has 5 nitrogen and oxygen atoms in total. The van der Waals surface area contributed by atoms with Gasteiger partial charge in [0, 0.05) is 0 Å². The minimum atomic E-state index is -1.57. The highest BCUT2D eigenvalue weighted by Gasteiger charge is 2.27. The zero-order valence-electron chi connectivity index (χ0n) is 9.78. The van der Waals surface area contributed by atoms with E-state index in [1.807, 2.05) is 0 Å². The van der Waals surface area contributed by atoms with Crippen LogP contribution in [0, 0.1) is 0 Å². The molecular formula is C13H13O5P. The Balaban J connectivity index is 2.51. The van der Waals surface area contributed by atoms with E-state index < -0.39 is 5.34 Å². The molecule has 0 radical (unpaired) electrons. The zero-order chi connectivity index (χ0) is 14.2. The SMILES string of the molecule is Oc1ccc(C(O)(P)c2ccc(O)c(O)c2)cc1O. The predicted octanol–water partition coefficient (Wildman–Crippen LogP) is 1.58. The molecule has 0 aliphatic carbocycles. The van der Waals surface area contributed by atoms with Gasteiger partial charge >= 0.3 is 0 Å². The van der Waals surface area contributed by atoms with Gasteiger partial charge in [-0.15, -0.1) is 0 Å². The number of rotatable bonds is 2. The molecule has 1 unspecified atom stereocenters. The second-order valence-electron chi connectivity index (χ2n) is 4.17. The maximum Gasteiger partial charge on any atom is 0.157 e. The average Bonchev–Trinajstić information content (AvgIpc) is 2.35. The summed E-state index contributed by atoms with van der Waals surface area (Å²) in [5, 5.41) is 46.3. The van der Waals surface area contributed by atoms with Crippen molar-refractivity contribution in [1.29, 1.82) is 0 Å². The van der Waals surface area contributed by atoms with Gasteiger partial charge in [-0.1, -0.05) is 21.4 Å². The largest absolute Gasteiger partial charge is 0.504 e. The quantitative estimate of drug-likeness (QED) is 0.424. The van der Waals surface area contributed by atoms with Crippen LogP contribution in [-0.4, -0.2) is 25.5 Å². The van der Waals surface area contributed by atoms with Gasteiger partial charge in [-0.25, -0.2) is 0 Å². The molecule has 1 atom stereocenters. The number of phenolic OH excluding ortho intramolecular Hbond substituents is 4. The second-order valence-corrected chi connectivity index (χ2v) is 5.01. The van der Waals surface area contributed by atoms with Gasteiger partial charge in [0.15, 0.2) is 23.0 Å². The van der Waals surface area contributed by atoms with E-state index in [4.69, 9.17) is 0 Å². The number of aromatic hydroxyl groups is 4. The molecule has 6 heteroatoms. The highest BCUT2D eigenvalue weighted by molar-refractivity contribution is 7.18. The van der Waals surface area contributed by atoms with Crippen molar-refractivity contribution in [2.75, 3.05) is 0 Å². The number of benzene rings is 2. The Kier molecular flexibility index (Phi) is 3.27. The van der Waals surface area contributed by atoms with E-state index in [0.717, 1.165) is 0 Å². The first-order chi connectivity index (χ1) is 8.82. The van der Waals surface area contributed by atoms with Crippen LogP contribution in [0.3, 0.4) is 0 Å². The van der Waals surface area contributed by atoms with Crippen molar-refractivity contribution in [2.45, 2.75) is 5.34 Å². The van der Waals surface area contributed by atoms with Crippen LogP contribution in [0.4, 0.5) is 0 Å². The lowest BCUT2D eigenvalue weighted by Gasteiger charge is -2.24. The van der Waals surface area contributed by atoms with Crippen molar-refractivity contribution >= 4 is 9.24 Å². The van der Waals surface area contributed by atoms with Crippen molar-refractivity contribution in [3.63, 3.8) is 0 Å². The first kappa shape index (κ1) is 13.5. The fourth-order valence-electron chi connectivity index (χ4n) is 1.69. The van der Waals surface area contributed by atoms with E-state index >= 15 is 0 Å². The molecule has 0 amide bonds. The fourth-order valence-corrected chi connectivity index (χ4v) is 2.05. The summed E-state index contributed by atoms with van der Waals surface area (Å²) in [6.07, 6.45) is 0. The average molecular weight is 280 g/mol. The Labute approximate surface area is 111 Å². The molecule has 100 valence electrons. The van der Waals surface area contributed by atoms with E-state index in [1.165, 1.54) is 36.4 Å². The van der Waals surface area contributed by atoms with Crippen LogP contribution in [0.2, 0.25) is 0 Å². The van der Waals surface area contributed by atoms with Gasteiger partial charge in [0.25, 0.3) is 0 Å². The minimum absolute atomic E-state index is 0.293. The molecule has 2 aromatic carbocycles. The van der Waals surface area contributed by atoms with Crippen LogP contribution in [0.15, 0.2) is 36.4 Å². The van der Waals surface area contributed by atoms with Crippen LogP contribution in [0.5, 0.6) is 23.0 Å². The van der Waals surface area contributed by atoms with E-state index in [2.05, 4.69) is 9.24 Å². The molecule has 0 aliphatic rings. The monoisotopic (exact) mass is 280 g/mol. The third kappa shape index (κ3) is 2.43. The Bertz CT molecular complexity index is 571. The van der Waals surface area contributed by atoms with Crippen molar-refractivity contribution in [3.8, 4) is 23.0 Å². The number of hydrogen-bond donors (Lipinski definition) is 5. The van der Waals surface area contributed by atoms with Crippen molar-refractivity contribution in [3.05, 3.63) is 47.5 Å². The molecule has 0 aliphatic heterocycles. The summed E-state index contributed by atoms with van der Waals surface area (Å²) in [6.45, 7) is 0. The summed E-state index contributed by atoms with van der Waals surface area (Å²) in [4.78, 5) is 0. The van der Waals surface area contributed by atoms with E-state index in [9.17, 15) is 25.5 Å². The lowest BCUT2D eigenvalue weighted by atomic mass is 9.99. The first-order valence-electron chi connectivity index (χ1n) is 5.38. The highest BCUT2D eigenvalue weighted by Crippen LogP contribution is 2.41. The Morgan fingerprint density at radius 3 is 1.37 bits per heavy atom. The van der Waals surface area contributed by atoms with Gasteiger partial charge in [-0.05, 0) is 35.4 Å². The van der Waals surface area contributed by atoms with Crippen molar-refractivity contribution < 1.29 is 25.5 Å². The summed E-state index contributed by atoms with van der Waals surface area (Å²) >= 11 is 0. The summed E-state index contributed by atoms with van der Waals surface area (Å²) in [5.74, 6) is -1.31. The Morgan fingerprint density at radius 2 is 1.05 bits per heavy atom. The van der Waals surface area contributed by atoms with Gasteiger partial charge in [0.05, 0.1) is 0 Å². The first-order valence-corrected chi connectivity index (χ1v) is 5.96. The third-order valence-corrected chi connectivity index (χ3v) is 3.50. The van der Waals surface area contributed by atoms with Gasteiger partial charge in [-0.3, -0.25) is 0 Å². The molecule has 5 N–H and O–H groups in total. The Morgan fingerprint density at radius 1 is 0.684 bits per heavy atom. The number of phenols is 4. The molecule has 0 saturated heterocycles. The summed E-state index contributed by atoms with van der Waals surface area (Å²) in [6, 6.07) is 7.80. The van der Waals surface area contributed by atoms with Crippen LogP contribution in [0.25, 0.3) is 0 Å². The second kappa shape index (κ2) is 4.61. The van der Waals surface area contributed by atoms with Crippen molar-refractivity contribution in [1.82, 2.24) is 0 Å². The van der Waals surface area contributed by atoms with Crippen molar-refractivity contribution in [2.24, 2.45) is 0 Å². The molecular weight excluding hydrogens is 267 g/mol. The molecule has 0 aromatic heterocycles. The summed E-state index contributed by atoms with van der Waals surface area (Å²) in [7, 11) is 2.19. The maximum atomic E-state index is 10.5. The fraction of sp³-hybridized carbons (Fsp3) is 0.0769. The molecule has 2 rings (SSSR count). The Hall–Kier alpha value is -1.97. The van der Waals surface area contributed by atoms with E-state index in [0.29, 0.717) is 11.1 Å². The summed E-state index contributed by atoms with van der Waals surface area (Å²) in [5.41, 5.74) is 0.607. The van der Waals surface area contributed by atoms with Gasteiger partial charge in [-0.2, -0.15) is 0 Å². The lowest BCUT2D eigenvalue weighted by Crippen LogP contribution is -2.18. The molecule has 0 spiro atoms. The lowest BCUT2D eigenvalue weighted by molar-refractivity contribution is 0.179. The molecule has 19 heavy (non-hydrogen) atoms. The molecule has 0 bridgehead atoms. The van der Waals surface area contributed by atoms with Gasteiger partial charge < -0.3 is 25.5 Å². The molecule has 2 aromatic rings. The summed E-state index contributed by atoms with van der Waals surface area (Å²) < 4.78 is 0. The minimum Gasteiger partial charge on any atom is -0.504 e. The number of hydrogen-bond acceptors (Lipinski definition) is 5.